The fraction of sp³-hybridized carbons (Fsp3) is 0.929. The zero-order valence-corrected chi connectivity index (χ0v) is 10.3. The number of carbonyl (C=O) groups excluding carboxylic acids is 1. The zero-order chi connectivity index (χ0) is 10.9. The van der Waals surface area contributed by atoms with E-state index in [0.717, 1.165) is 12.8 Å². The smallest absolute Gasteiger partial charge is 0.135 e. The Morgan fingerprint density at radius 3 is 2.13 bits per heavy atom. The number of ketones is 1. The second kappa shape index (κ2) is 7.90. The van der Waals surface area contributed by atoms with E-state index < -0.39 is 0 Å². The molecule has 0 aromatic heterocycles. The summed E-state index contributed by atoms with van der Waals surface area (Å²) in [6.07, 6.45) is 13.7. The van der Waals surface area contributed by atoms with E-state index in [2.05, 4.69) is 6.92 Å². The Balaban J connectivity index is 1.81. The number of rotatable bonds is 9. The minimum atomic E-state index is 0.463. The first-order valence-corrected chi connectivity index (χ1v) is 6.87. The normalized spacial score (nSPS) is 16.3. The van der Waals surface area contributed by atoms with E-state index >= 15 is 0 Å². The molecule has 1 nitrogen and oxygen atoms in total. The molecule has 0 radical (unpaired) electrons. The lowest BCUT2D eigenvalue weighted by molar-refractivity contribution is -0.125. The Morgan fingerprint density at radius 1 is 1.00 bits per heavy atom. The van der Waals surface area contributed by atoms with Crippen LogP contribution in [-0.2, 0) is 4.79 Å². The molecule has 0 N–H and O–H groups in total. The van der Waals surface area contributed by atoms with Crippen LogP contribution >= 0.6 is 0 Å². The largest absolute Gasteiger partial charge is 0.299 e. The Labute approximate surface area is 94.6 Å². The molecule has 88 valence electrons. The molecule has 1 aliphatic carbocycles. The van der Waals surface area contributed by atoms with Crippen molar-refractivity contribution in [1.29, 1.82) is 0 Å². The number of unbranched alkanes of at least 4 members (excludes halogenated alkanes) is 6. The highest BCUT2D eigenvalue weighted by Gasteiger charge is 2.23. The summed E-state index contributed by atoms with van der Waals surface area (Å²) in [6, 6.07) is 0. The van der Waals surface area contributed by atoms with Gasteiger partial charge in [-0.2, -0.15) is 0 Å². The molecule has 1 aliphatic rings. The molecule has 1 heteroatoms. The van der Waals surface area contributed by atoms with E-state index in [0.29, 0.717) is 11.7 Å². The highest BCUT2D eigenvalue weighted by Crippen LogP contribution is 2.28. The van der Waals surface area contributed by atoms with Crippen molar-refractivity contribution in [3.63, 3.8) is 0 Å². The lowest BCUT2D eigenvalue weighted by Gasteiger charge is -2.23. The SMILES string of the molecule is CCCCCCCCCC(=O)C1CCC1. The number of carbonyl (C=O) groups is 1. The predicted octanol–water partition coefficient (Wildman–Crippen LogP) is 4.50. The molecule has 0 aromatic carbocycles. The van der Waals surface area contributed by atoms with Crippen molar-refractivity contribution in [2.24, 2.45) is 5.92 Å². The van der Waals surface area contributed by atoms with E-state index in [1.807, 2.05) is 0 Å². The summed E-state index contributed by atoms with van der Waals surface area (Å²) in [5, 5.41) is 0. The monoisotopic (exact) mass is 210 g/mol. The van der Waals surface area contributed by atoms with Gasteiger partial charge >= 0.3 is 0 Å². The van der Waals surface area contributed by atoms with E-state index in [4.69, 9.17) is 0 Å². The van der Waals surface area contributed by atoms with Crippen molar-refractivity contribution >= 4 is 5.78 Å². The van der Waals surface area contributed by atoms with Gasteiger partial charge in [0.15, 0.2) is 0 Å². The molecule has 0 aliphatic heterocycles. The van der Waals surface area contributed by atoms with Gasteiger partial charge < -0.3 is 0 Å². The first-order valence-electron chi connectivity index (χ1n) is 6.87. The van der Waals surface area contributed by atoms with Crippen LogP contribution in [0.5, 0.6) is 0 Å². The van der Waals surface area contributed by atoms with E-state index in [-0.39, 0.29) is 0 Å². The summed E-state index contributed by atoms with van der Waals surface area (Å²) in [7, 11) is 0. The van der Waals surface area contributed by atoms with Crippen LogP contribution in [0.4, 0.5) is 0 Å². The topological polar surface area (TPSA) is 17.1 Å². The molecule has 0 amide bonds. The van der Waals surface area contributed by atoms with E-state index in [1.54, 1.807) is 0 Å². The molecular weight excluding hydrogens is 184 g/mol. The van der Waals surface area contributed by atoms with Crippen molar-refractivity contribution < 1.29 is 4.79 Å². The molecule has 0 saturated heterocycles. The fourth-order valence-electron chi connectivity index (χ4n) is 2.19. The first-order chi connectivity index (χ1) is 7.34. The van der Waals surface area contributed by atoms with Crippen LogP contribution in [0.2, 0.25) is 0 Å². The average molecular weight is 210 g/mol. The van der Waals surface area contributed by atoms with Crippen LogP contribution in [0.3, 0.4) is 0 Å². The molecule has 0 aromatic rings. The quantitative estimate of drug-likeness (QED) is 0.512. The Bertz CT molecular complexity index is 170. The second-order valence-electron chi connectivity index (χ2n) is 4.97. The third-order valence-electron chi connectivity index (χ3n) is 3.59. The van der Waals surface area contributed by atoms with Crippen LogP contribution in [0, 0.1) is 5.92 Å². The van der Waals surface area contributed by atoms with E-state index in [9.17, 15) is 4.79 Å². The van der Waals surface area contributed by atoms with Crippen LogP contribution < -0.4 is 0 Å². The summed E-state index contributed by atoms with van der Waals surface area (Å²) in [6.45, 7) is 2.25. The van der Waals surface area contributed by atoms with Gasteiger partial charge in [-0.05, 0) is 19.3 Å². The lowest BCUT2D eigenvalue weighted by Crippen LogP contribution is -2.21. The summed E-state index contributed by atoms with van der Waals surface area (Å²) in [4.78, 5) is 11.6. The van der Waals surface area contributed by atoms with Crippen molar-refractivity contribution in [2.45, 2.75) is 77.6 Å². The van der Waals surface area contributed by atoms with Crippen molar-refractivity contribution in [3.8, 4) is 0 Å². The molecule has 0 atom stereocenters. The van der Waals surface area contributed by atoms with Crippen molar-refractivity contribution in [2.75, 3.05) is 0 Å². The highest BCUT2D eigenvalue weighted by molar-refractivity contribution is 5.81. The van der Waals surface area contributed by atoms with Gasteiger partial charge in [-0.3, -0.25) is 4.79 Å². The van der Waals surface area contributed by atoms with Gasteiger partial charge in [-0.15, -0.1) is 0 Å². The molecule has 1 fully saturated rings. The summed E-state index contributed by atoms with van der Waals surface area (Å²) >= 11 is 0. The van der Waals surface area contributed by atoms with Crippen molar-refractivity contribution in [1.82, 2.24) is 0 Å². The summed E-state index contributed by atoms with van der Waals surface area (Å²) in [5.74, 6) is 1.01. The maximum absolute atomic E-state index is 11.6. The summed E-state index contributed by atoms with van der Waals surface area (Å²) < 4.78 is 0. The molecule has 0 unspecified atom stereocenters. The molecular formula is C14H26O. The Hall–Kier alpha value is -0.330. The standard InChI is InChI=1S/C14H26O/c1-2-3-4-5-6-7-8-12-14(15)13-10-9-11-13/h13H,2-12H2,1H3. The minimum absolute atomic E-state index is 0.463. The van der Waals surface area contributed by atoms with Gasteiger partial charge in [0.25, 0.3) is 0 Å². The van der Waals surface area contributed by atoms with Crippen LogP contribution in [0.15, 0.2) is 0 Å². The number of Topliss-reactive ketones (excluding diaryl/α,β-unsaturated/α-hetero) is 1. The highest BCUT2D eigenvalue weighted by atomic mass is 16.1. The van der Waals surface area contributed by atoms with Crippen LogP contribution in [-0.4, -0.2) is 5.78 Å². The molecule has 0 heterocycles. The zero-order valence-electron chi connectivity index (χ0n) is 10.3. The third-order valence-corrected chi connectivity index (χ3v) is 3.59. The third kappa shape index (κ3) is 5.34. The maximum atomic E-state index is 11.6. The maximum Gasteiger partial charge on any atom is 0.135 e. The Morgan fingerprint density at radius 2 is 1.60 bits per heavy atom. The Kier molecular flexibility index (Phi) is 6.71. The van der Waals surface area contributed by atoms with Crippen LogP contribution in [0.1, 0.15) is 77.6 Å². The molecule has 0 bridgehead atoms. The molecule has 15 heavy (non-hydrogen) atoms. The van der Waals surface area contributed by atoms with Crippen molar-refractivity contribution in [3.05, 3.63) is 0 Å². The fourth-order valence-corrected chi connectivity index (χ4v) is 2.19. The van der Waals surface area contributed by atoms with Gasteiger partial charge in [0, 0.05) is 12.3 Å². The second-order valence-corrected chi connectivity index (χ2v) is 4.97. The average Bonchev–Trinajstić information content (AvgIpc) is 2.14. The lowest BCUT2D eigenvalue weighted by atomic mass is 9.80. The van der Waals surface area contributed by atoms with Gasteiger partial charge in [-0.25, -0.2) is 0 Å². The van der Waals surface area contributed by atoms with E-state index in [1.165, 1.54) is 57.8 Å². The first kappa shape index (κ1) is 12.7. The van der Waals surface area contributed by atoms with Gasteiger partial charge in [0.05, 0.1) is 0 Å². The predicted molar refractivity (Wildman–Crippen MR) is 65.0 cm³/mol. The number of hydrogen-bond acceptors (Lipinski definition) is 1. The van der Waals surface area contributed by atoms with Gasteiger partial charge in [0.2, 0.25) is 0 Å². The molecule has 1 saturated carbocycles. The van der Waals surface area contributed by atoms with Gasteiger partial charge in [0.1, 0.15) is 5.78 Å². The summed E-state index contributed by atoms with van der Waals surface area (Å²) in [5.41, 5.74) is 0. The molecule has 1 rings (SSSR count). The van der Waals surface area contributed by atoms with Crippen LogP contribution in [0.25, 0.3) is 0 Å². The molecule has 0 spiro atoms. The minimum Gasteiger partial charge on any atom is -0.299 e. The number of hydrogen-bond donors (Lipinski definition) is 0. The van der Waals surface area contributed by atoms with Gasteiger partial charge in [-0.1, -0.05) is 51.9 Å².